The van der Waals surface area contributed by atoms with Gasteiger partial charge in [-0.2, -0.15) is 5.10 Å². The number of para-hydroxylation sites is 1. The first-order valence-corrected chi connectivity index (χ1v) is 6.55. The highest BCUT2D eigenvalue weighted by molar-refractivity contribution is 6.33. The van der Waals surface area contributed by atoms with Crippen LogP contribution < -0.4 is 5.73 Å². The number of hydrogen-bond acceptors (Lipinski definition) is 2. The predicted octanol–water partition coefficient (Wildman–Crippen LogP) is 3.97. The number of fused-ring (bicyclic) bond motifs is 1. The molecule has 2 N–H and O–H groups in total. The normalized spacial score (nSPS) is 11.1. The Balaban J connectivity index is 2.08. The quantitative estimate of drug-likeness (QED) is 0.776. The summed E-state index contributed by atoms with van der Waals surface area (Å²) in [5, 5.41) is 6.62. The van der Waals surface area contributed by atoms with E-state index in [0.717, 1.165) is 16.5 Å². The minimum atomic E-state index is 0.522. The van der Waals surface area contributed by atoms with Gasteiger partial charge in [-0.15, -0.1) is 0 Å². The Kier molecular flexibility index (Phi) is 3.09. The number of nitrogens with two attached hydrogens (primary N) is 1. The summed E-state index contributed by atoms with van der Waals surface area (Å²) in [6, 6.07) is 13.2. The van der Waals surface area contributed by atoms with Crippen LogP contribution in [0, 0.1) is 0 Å². The molecule has 0 radical (unpaired) electrons. The molecule has 5 heteroatoms. The molecule has 2 aromatic carbocycles. The molecular weight excluding hydrogens is 281 g/mol. The molecule has 0 amide bonds. The molecule has 0 saturated carbocycles. The van der Waals surface area contributed by atoms with Gasteiger partial charge in [0.25, 0.3) is 0 Å². The summed E-state index contributed by atoms with van der Waals surface area (Å²) < 4.78 is 1.84. The number of hydrogen-bond donors (Lipinski definition) is 1. The van der Waals surface area contributed by atoms with Gasteiger partial charge in [0.1, 0.15) is 0 Å². The van der Waals surface area contributed by atoms with Gasteiger partial charge in [0.05, 0.1) is 12.1 Å². The zero-order valence-corrected chi connectivity index (χ0v) is 11.5. The van der Waals surface area contributed by atoms with E-state index in [4.69, 9.17) is 28.9 Å². The molecule has 1 aromatic heterocycles. The number of nitrogen functional groups attached to an aromatic ring is 1. The Bertz CT molecular complexity index is 750. The monoisotopic (exact) mass is 291 g/mol. The lowest BCUT2D eigenvalue weighted by Crippen LogP contribution is -2.02. The zero-order valence-electron chi connectivity index (χ0n) is 9.98. The SMILES string of the molecule is Nc1nn(Cc2cc(Cl)ccc2Cl)c2ccccc12. The third-order valence-electron chi connectivity index (χ3n) is 3.01. The molecule has 0 spiro atoms. The Labute approximate surface area is 120 Å². The summed E-state index contributed by atoms with van der Waals surface area (Å²) in [5.41, 5.74) is 7.81. The average Bonchev–Trinajstić information content (AvgIpc) is 2.72. The van der Waals surface area contributed by atoms with Crippen molar-refractivity contribution in [3.05, 3.63) is 58.1 Å². The Hall–Kier alpha value is -1.71. The molecule has 0 fully saturated rings. The minimum Gasteiger partial charge on any atom is -0.382 e. The van der Waals surface area contributed by atoms with Gasteiger partial charge in [-0.1, -0.05) is 35.3 Å². The second kappa shape index (κ2) is 4.76. The number of halogens is 2. The van der Waals surface area contributed by atoms with Gasteiger partial charge in [-0.3, -0.25) is 4.68 Å². The molecule has 3 aromatic rings. The molecule has 0 atom stereocenters. The molecule has 0 unspecified atom stereocenters. The van der Waals surface area contributed by atoms with Crippen LogP contribution in [-0.2, 0) is 6.54 Å². The van der Waals surface area contributed by atoms with E-state index >= 15 is 0 Å². The van der Waals surface area contributed by atoms with Crippen LogP contribution >= 0.6 is 23.2 Å². The van der Waals surface area contributed by atoms with Gasteiger partial charge in [0, 0.05) is 15.4 Å². The molecule has 96 valence electrons. The second-order valence-corrected chi connectivity index (χ2v) is 5.14. The maximum absolute atomic E-state index is 6.17. The van der Waals surface area contributed by atoms with Crippen molar-refractivity contribution < 1.29 is 0 Å². The second-order valence-electron chi connectivity index (χ2n) is 4.30. The number of aromatic nitrogens is 2. The molecule has 3 nitrogen and oxygen atoms in total. The van der Waals surface area contributed by atoms with Crippen LogP contribution in [0.5, 0.6) is 0 Å². The zero-order chi connectivity index (χ0) is 13.4. The van der Waals surface area contributed by atoms with Gasteiger partial charge >= 0.3 is 0 Å². The van der Waals surface area contributed by atoms with Gasteiger partial charge in [-0.05, 0) is 35.9 Å². The molecule has 3 rings (SSSR count). The molecule has 0 bridgehead atoms. The molecular formula is C14H11Cl2N3. The Morgan fingerprint density at radius 1 is 1.11 bits per heavy atom. The summed E-state index contributed by atoms with van der Waals surface area (Å²) in [6.45, 7) is 0.539. The minimum absolute atomic E-state index is 0.522. The Morgan fingerprint density at radius 2 is 1.89 bits per heavy atom. The van der Waals surface area contributed by atoms with Crippen LogP contribution in [0.3, 0.4) is 0 Å². The fourth-order valence-electron chi connectivity index (χ4n) is 2.10. The van der Waals surface area contributed by atoms with Crippen LogP contribution in [0.25, 0.3) is 10.9 Å². The van der Waals surface area contributed by atoms with E-state index in [1.807, 2.05) is 35.0 Å². The van der Waals surface area contributed by atoms with Gasteiger partial charge in [0.15, 0.2) is 5.82 Å². The van der Waals surface area contributed by atoms with Crippen LogP contribution in [0.4, 0.5) is 5.82 Å². The molecule has 0 aliphatic rings. The molecule has 0 aliphatic carbocycles. The van der Waals surface area contributed by atoms with E-state index in [0.29, 0.717) is 22.4 Å². The van der Waals surface area contributed by atoms with E-state index < -0.39 is 0 Å². The third-order valence-corrected chi connectivity index (χ3v) is 3.62. The maximum atomic E-state index is 6.17. The first-order valence-electron chi connectivity index (χ1n) is 5.80. The lowest BCUT2D eigenvalue weighted by molar-refractivity contribution is 0.716. The number of benzene rings is 2. The van der Waals surface area contributed by atoms with Crippen LogP contribution in [0.15, 0.2) is 42.5 Å². The van der Waals surface area contributed by atoms with Crippen molar-refractivity contribution in [3.8, 4) is 0 Å². The first kappa shape index (κ1) is 12.3. The van der Waals surface area contributed by atoms with Crippen molar-refractivity contribution in [1.29, 1.82) is 0 Å². The fraction of sp³-hybridized carbons (Fsp3) is 0.0714. The molecule has 19 heavy (non-hydrogen) atoms. The van der Waals surface area contributed by atoms with Crippen molar-refractivity contribution in [2.75, 3.05) is 5.73 Å². The summed E-state index contributed by atoms with van der Waals surface area (Å²) in [6.07, 6.45) is 0. The van der Waals surface area contributed by atoms with Gasteiger partial charge in [0.2, 0.25) is 0 Å². The van der Waals surface area contributed by atoms with Crippen LogP contribution in [-0.4, -0.2) is 9.78 Å². The van der Waals surface area contributed by atoms with Crippen LogP contribution in [0.2, 0.25) is 10.0 Å². The van der Waals surface area contributed by atoms with E-state index in [2.05, 4.69) is 5.10 Å². The summed E-state index contributed by atoms with van der Waals surface area (Å²) >= 11 is 12.2. The van der Waals surface area contributed by atoms with Crippen LogP contribution in [0.1, 0.15) is 5.56 Å². The first-order chi connectivity index (χ1) is 9.15. The van der Waals surface area contributed by atoms with E-state index in [1.165, 1.54) is 0 Å². The Morgan fingerprint density at radius 3 is 2.74 bits per heavy atom. The van der Waals surface area contributed by atoms with Gasteiger partial charge in [-0.25, -0.2) is 0 Å². The average molecular weight is 292 g/mol. The topological polar surface area (TPSA) is 43.8 Å². The summed E-state index contributed by atoms with van der Waals surface area (Å²) in [7, 11) is 0. The number of nitrogens with zero attached hydrogens (tertiary/aromatic N) is 2. The predicted molar refractivity (Wildman–Crippen MR) is 79.7 cm³/mol. The van der Waals surface area contributed by atoms with E-state index in [-0.39, 0.29) is 0 Å². The molecule has 0 saturated heterocycles. The highest BCUT2D eigenvalue weighted by Gasteiger charge is 2.09. The maximum Gasteiger partial charge on any atom is 0.153 e. The fourth-order valence-corrected chi connectivity index (χ4v) is 2.47. The highest BCUT2D eigenvalue weighted by Crippen LogP contribution is 2.25. The lowest BCUT2D eigenvalue weighted by Gasteiger charge is -2.06. The largest absolute Gasteiger partial charge is 0.382 e. The van der Waals surface area contributed by atoms with E-state index in [9.17, 15) is 0 Å². The molecule has 0 aliphatic heterocycles. The van der Waals surface area contributed by atoms with Crippen molar-refractivity contribution >= 4 is 39.9 Å². The third kappa shape index (κ3) is 2.27. The van der Waals surface area contributed by atoms with E-state index in [1.54, 1.807) is 12.1 Å². The highest BCUT2D eigenvalue weighted by atomic mass is 35.5. The number of anilines is 1. The van der Waals surface area contributed by atoms with Gasteiger partial charge < -0.3 is 5.73 Å². The number of rotatable bonds is 2. The van der Waals surface area contributed by atoms with Crippen molar-refractivity contribution in [3.63, 3.8) is 0 Å². The smallest absolute Gasteiger partial charge is 0.153 e. The van der Waals surface area contributed by atoms with Crippen molar-refractivity contribution in [2.45, 2.75) is 6.54 Å². The molecule has 1 heterocycles. The lowest BCUT2D eigenvalue weighted by atomic mass is 10.2. The van der Waals surface area contributed by atoms with Crippen molar-refractivity contribution in [1.82, 2.24) is 9.78 Å². The standard InChI is InChI=1S/C14H11Cl2N3/c15-10-5-6-12(16)9(7-10)8-19-13-4-2-1-3-11(13)14(17)18-19/h1-7H,8H2,(H2,17,18). The summed E-state index contributed by atoms with van der Waals surface area (Å²) in [4.78, 5) is 0. The van der Waals surface area contributed by atoms with Crippen molar-refractivity contribution in [2.24, 2.45) is 0 Å². The summed E-state index contributed by atoms with van der Waals surface area (Å²) in [5.74, 6) is 0.522.